The van der Waals surface area contributed by atoms with E-state index in [9.17, 15) is 9.59 Å². The third-order valence-electron chi connectivity index (χ3n) is 3.65. The molecule has 21 heavy (non-hydrogen) atoms. The number of H-pyrrole nitrogens is 1. The number of hydrogen-bond donors (Lipinski definition) is 1. The van der Waals surface area contributed by atoms with E-state index in [1.807, 2.05) is 30.3 Å². The molecule has 2 aromatic rings. The second-order valence-corrected chi connectivity index (χ2v) is 6.37. The molecule has 1 fully saturated rings. The average Bonchev–Trinajstić information content (AvgIpc) is 2.84. The highest BCUT2D eigenvalue weighted by Crippen LogP contribution is 2.30. The van der Waals surface area contributed by atoms with Gasteiger partial charge >= 0.3 is 5.69 Å². The Hall–Kier alpha value is -1.82. The summed E-state index contributed by atoms with van der Waals surface area (Å²) in [6.07, 6.45) is 3.56. The Bertz CT molecular complexity index is 678. The van der Waals surface area contributed by atoms with Crippen molar-refractivity contribution in [2.45, 2.75) is 42.6 Å². The van der Waals surface area contributed by atoms with Crippen LogP contribution in [0.2, 0.25) is 0 Å². The van der Waals surface area contributed by atoms with Gasteiger partial charge in [-0.15, -0.1) is 5.10 Å². The zero-order chi connectivity index (χ0) is 14.7. The Morgan fingerprint density at radius 2 is 2.05 bits per heavy atom. The van der Waals surface area contributed by atoms with Gasteiger partial charge in [0.1, 0.15) is 5.78 Å². The maximum Gasteiger partial charge on any atom is 0.344 e. The quantitative estimate of drug-likeness (QED) is 0.940. The molecule has 0 saturated heterocycles. The van der Waals surface area contributed by atoms with Gasteiger partial charge in [-0.1, -0.05) is 48.5 Å². The van der Waals surface area contributed by atoms with Gasteiger partial charge in [0.25, 0.3) is 0 Å². The van der Waals surface area contributed by atoms with E-state index in [2.05, 4.69) is 10.2 Å². The summed E-state index contributed by atoms with van der Waals surface area (Å²) >= 11 is 1.41. The van der Waals surface area contributed by atoms with Gasteiger partial charge in [-0.3, -0.25) is 9.36 Å². The highest BCUT2D eigenvalue weighted by Gasteiger charge is 2.25. The third kappa shape index (κ3) is 3.26. The summed E-state index contributed by atoms with van der Waals surface area (Å²) in [4.78, 5) is 23.8. The van der Waals surface area contributed by atoms with Crippen LogP contribution in [0.25, 0.3) is 0 Å². The Balaban J connectivity index is 1.80. The maximum atomic E-state index is 11.9. The van der Waals surface area contributed by atoms with Crippen LogP contribution in [0.15, 0.2) is 40.3 Å². The van der Waals surface area contributed by atoms with Crippen LogP contribution in [0.4, 0.5) is 0 Å². The van der Waals surface area contributed by atoms with Crippen molar-refractivity contribution in [2.24, 2.45) is 0 Å². The predicted octanol–water partition coefficient (Wildman–Crippen LogP) is 2.22. The monoisotopic (exact) mass is 303 g/mol. The van der Waals surface area contributed by atoms with Gasteiger partial charge in [-0.2, -0.15) is 0 Å². The summed E-state index contributed by atoms with van der Waals surface area (Å²) in [6, 6.07) is 9.77. The van der Waals surface area contributed by atoms with Crippen molar-refractivity contribution >= 4 is 17.5 Å². The molecule has 0 radical (unpaired) electrons. The van der Waals surface area contributed by atoms with Crippen molar-refractivity contribution in [3.63, 3.8) is 0 Å². The molecule has 1 aliphatic carbocycles. The smallest absolute Gasteiger partial charge is 0.298 e. The van der Waals surface area contributed by atoms with Gasteiger partial charge in [0.05, 0.1) is 11.8 Å². The zero-order valence-corrected chi connectivity index (χ0v) is 12.4. The molecule has 1 aliphatic rings. The predicted molar refractivity (Wildman–Crippen MR) is 81.5 cm³/mol. The van der Waals surface area contributed by atoms with Crippen molar-refractivity contribution < 1.29 is 4.79 Å². The van der Waals surface area contributed by atoms with Crippen LogP contribution in [0.1, 0.15) is 31.2 Å². The number of nitrogens with one attached hydrogen (secondary N) is 1. The Morgan fingerprint density at radius 3 is 2.81 bits per heavy atom. The number of thioether (sulfide) groups is 1. The van der Waals surface area contributed by atoms with Gasteiger partial charge in [-0.05, 0) is 18.4 Å². The van der Waals surface area contributed by atoms with E-state index in [4.69, 9.17) is 0 Å². The minimum absolute atomic E-state index is 0.0662. The molecule has 1 aromatic carbocycles. The number of benzene rings is 1. The fraction of sp³-hybridized carbons (Fsp3) is 0.400. The molecular formula is C15H17N3O2S. The van der Waals surface area contributed by atoms with Crippen LogP contribution in [0.3, 0.4) is 0 Å². The van der Waals surface area contributed by atoms with Gasteiger partial charge in [-0.25, -0.2) is 9.89 Å². The van der Waals surface area contributed by atoms with Crippen molar-refractivity contribution in [1.82, 2.24) is 14.8 Å². The van der Waals surface area contributed by atoms with Gasteiger partial charge in [0, 0.05) is 6.42 Å². The zero-order valence-electron chi connectivity index (χ0n) is 11.6. The number of hydrogen-bond acceptors (Lipinski definition) is 4. The minimum atomic E-state index is -0.232. The lowest BCUT2D eigenvalue weighted by atomic mass is 9.99. The highest BCUT2D eigenvalue weighted by molar-refractivity contribution is 8.00. The number of carbonyl (C=O) groups is 1. The van der Waals surface area contributed by atoms with Crippen LogP contribution in [0.5, 0.6) is 0 Å². The highest BCUT2D eigenvalue weighted by atomic mass is 32.2. The lowest BCUT2D eigenvalue weighted by molar-refractivity contribution is -0.119. The van der Waals surface area contributed by atoms with E-state index in [1.165, 1.54) is 11.8 Å². The fourth-order valence-corrected chi connectivity index (χ4v) is 3.66. The lowest BCUT2D eigenvalue weighted by Crippen LogP contribution is -2.23. The summed E-state index contributed by atoms with van der Waals surface area (Å²) in [5.74, 6) is 0.271. The van der Waals surface area contributed by atoms with Crippen molar-refractivity contribution in [1.29, 1.82) is 0 Å². The number of Topliss-reactive ketones (excluding diaryl/α,β-unsaturated/α-hetero) is 1. The minimum Gasteiger partial charge on any atom is -0.298 e. The normalized spacial score (nSPS) is 18.9. The van der Waals surface area contributed by atoms with Crippen LogP contribution < -0.4 is 5.69 Å². The van der Waals surface area contributed by atoms with E-state index >= 15 is 0 Å². The molecule has 0 spiro atoms. The van der Waals surface area contributed by atoms with Crippen molar-refractivity contribution in [2.75, 3.05) is 0 Å². The molecule has 6 heteroatoms. The summed E-state index contributed by atoms with van der Waals surface area (Å²) in [6.45, 7) is 0.472. The first-order chi connectivity index (χ1) is 10.2. The summed E-state index contributed by atoms with van der Waals surface area (Å²) < 4.78 is 1.60. The maximum absolute atomic E-state index is 11.9. The number of aromatic nitrogens is 3. The molecule has 5 nitrogen and oxygen atoms in total. The van der Waals surface area contributed by atoms with E-state index in [0.29, 0.717) is 18.1 Å². The molecule has 0 bridgehead atoms. The van der Waals surface area contributed by atoms with E-state index < -0.39 is 0 Å². The topological polar surface area (TPSA) is 67.8 Å². The first-order valence-corrected chi connectivity index (χ1v) is 8.00. The van der Waals surface area contributed by atoms with E-state index in [1.54, 1.807) is 4.57 Å². The molecule has 1 unspecified atom stereocenters. The summed E-state index contributed by atoms with van der Waals surface area (Å²) in [5, 5.41) is 7.10. The lowest BCUT2D eigenvalue weighted by Gasteiger charge is -2.19. The molecule has 0 amide bonds. The van der Waals surface area contributed by atoms with Crippen LogP contribution in [-0.4, -0.2) is 25.8 Å². The van der Waals surface area contributed by atoms with Gasteiger partial charge in [0.15, 0.2) is 5.16 Å². The van der Waals surface area contributed by atoms with E-state index in [-0.39, 0.29) is 16.7 Å². The molecular weight excluding hydrogens is 286 g/mol. The Morgan fingerprint density at radius 1 is 1.24 bits per heavy atom. The number of rotatable bonds is 4. The second kappa shape index (κ2) is 6.30. The van der Waals surface area contributed by atoms with Crippen LogP contribution in [0, 0.1) is 0 Å². The Labute approximate surface area is 126 Å². The molecule has 1 aromatic heterocycles. The number of carbonyl (C=O) groups excluding carboxylic acids is 1. The molecule has 1 heterocycles. The van der Waals surface area contributed by atoms with Crippen LogP contribution >= 0.6 is 11.8 Å². The van der Waals surface area contributed by atoms with Crippen molar-refractivity contribution in [3.8, 4) is 0 Å². The molecule has 0 aliphatic heterocycles. The first kappa shape index (κ1) is 14.1. The molecule has 110 valence electrons. The fourth-order valence-electron chi connectivity index (χ4n) is 2.50. The van der Waals surface area contributed by atoms with Gasteiger partial charge in [0.2, 0.25) is 0 Å². The third-order valence-corrected chi connectivity index (χ3v) is 4.96. The number of nitrogens with zero attached hydrogens (tertiary/aromatic N) is 2. The summed E-state index contributed by atoms with van der Waals surface area (Å²) in [7, 11) is 0. The average molecular weight is 303 g/mol. The molecule has 1 saturated carbocycles. The largest absolute Gasteiger partial charge is 0.344 e. The number of aromatic amines is 1. The van der Waals surface area contributed by atoms with Gasteiger partial charge < -0.3 is 0 Å². The van der Waals surface area contributed by atoms with Crippen LogP contribution in [-0.2, 0) is 11.3 Å². The SMILES string of the molecule is O=C1CCCCC1Sc1n[nH]c(=O)n1Cc1ccccc1. The standard InChI is InChI=1S/C15H17N3O2S/c19-12-8-4-5-9-13(12)21-15-17-16-14(20)18(15)10-11-6-2-1-3-7-11/h1-3,6-7,13H,4-5,8-10H2,(H,16,20). The van der Waals surface area contributed by atoms with Crippen molar-refractivity contribution in [3.05, 3.63) is 46.4 Å². The summed E-state index contributed by atoms with van der Waals surface area (Å²) in [5.41, 5.74) is 0.808. The Kier molecular flexibility index (Phi) is 4.24. The molecule has 1 atom stereocenters. The van der Waals surface area contributed by atoms with E-state index in [0.717, 1.165) is 24.8 Å². The number of ketones is 1. The molecule has 3 rings (SSSR count). The molecule has 1 N–H and O–H groups in total. The second-order valence-electron chi connectivity index (χ2n) is 5.20. The first-order valence-electron chi connectivity index (χ1n) is 7.12.